The number of nitrogens with one attached hydrogen (secondary N) is 1. The zero-order valence-corrected chi connectivity index (χ0v) is 15.7. The Hall–Kier alpha value is -1.57. The van der Waals surface area contributed by atoms with Crippen LogP contribution in [0, 0.1) is 0 Å². The van der Waals surface area contributed by atoms with Gasteiger partial charge < -0.3 is 10.2 Å². The predicted octanol–water partition coefficient (Wildman–Crippen LogP) is 1.39. The molecule has 6 nitrogen and oxygen atoms in total. The maximum absolute atomic E-state index is 12.8. The second-order valence-corrected chi connectivity index (χ2v) is 7.07. The minimum absolute atomic E-state index is 0. The first-order chi connectivity index (χ1) is 11.6. The molecule has 1 aromatic carbocycles. The summed E-state index contributed by atoms with van der Waals surface area (Å²) in [4.78, 5) is 40.9. The average Bonchev–Trinajstić information content (AvgIpc) is 2.88. The third-order valence-electron chi connectivity index (χ3n) is 4.31. The monoisotopic (exact) mass is 383 g/mol. The highest BCUT2D eigenvalue weighted by Gasteiger charge is 2.38. The first-order valence-corrected chi connectivity index (χ1v) is 9.09. The molecule has 1 unspecified atom stereocenters. The number of likely N-dealkylation sites (tertiary alicyclic amines) is 1. The van der Waals surface area contributed by atoms with Crippen molar-refractivity contribution < 1.29 is 14.4 Å². The van der Waals surface area contributed by atoms with Crippen LogP contribution in [-0.4, -0.2) is 65.5 Å². The Bertz CT molecular complexity index is 664. The maximum atomic E-state index is 12.8. The number of imide groups is 1. The third kappa shape index (κ3) is 4.16. The summed E-state index contributed by atoms with van der Waals surface area (Å²) in [5.41, 5.74) is 0.611. The van der Waals surface area contributed by atoms with E-state index in [1.165, 1.54) is 16.7 Å². The summed E-state index contributed by atoms with van der Waals surface area (Å²) in [5, 5.41) is 2.79. The highest BCUT2D eigenvalue weighted by molar-refractivity contribution is 8.00. The van der Waals surface area contributed by atoms with E-state index in [4.69, 9.17) is 0 Å². The van der Waals surface area contributed by atoms with Crippen molar-refractivity contribution in [1.29, 1.82) is 0 Å². The molecule has 0 spiro atoms. The largest absolute Gasteiger partial charge is 0.336 e. The van der Waals surface area contributed by atoms with Gasteiger partial charge in [0.15, 0.2) is 0 Å². The molecular weight excluding hydrogens is 362 g/mol. The quantitative estimate of drug-likeness (QED) is 0.796. The molecule has 25 heavy (non-hydrogen) atoms. The van der Waals surface area contributed by atoms with Gasteiger partial charge in [0.2, 0.25) is 11.8 Å². The molecule has 136 valence electrons. The number of piperazine rings is 1. The summed E-state index contributed by atoms with van der Waals surface area (Å²) in [7, 11) is 0. The summed E-state index contributed by atoms with van der Waals surface area (Å²) < 4.78 is 0. The second kappa shape index (κ2) is 8.69. The Morgan fingerprint density at radius 1 is 1.24 bits per heavy atom. The van der Waals surface area contributed by atoms with Crippen molar-refractivity contribution in [3.8, 4) is 0 Å². The van der Waals surface area contributed by atoms with E-state index in [0.29, 0.717) is 25.2 Å². The van der Waals surface area contributed by atoms with E-state index in [1.807, 2.05) is 23.1 Å². The van der Waals surface area contributed by atoms with Gasteiger partial charge in [0.1, 0.15) is 0 Å². The lowest BCUT2D eigenvalue weighted by atomic mass is 10.2. The van der Waals surface area contributed by atoms with E-state index in [1.54, 1.807) is 13.0 Å². The van der Waals surface area contributed by atoms with Gasteiger partial charge in [-0.15, -0.1) is 24.2 Å². The van der Waals surface area contributed by atoms with Crippen LogP contribution in [0.25, 0.3) is 0 Å². The number of carbonyl (C=O) groups excluding carboxylic acids is 3. The lowest BCUT2D eigenvalue weighted by Crippen LogP contribution is -2.46. The van der Waals surface area contributed by atoms with Crippen LogP contribution in [0.4, 0.5) is 0 Å². The molecule has 2 aliphatic rings. The highest BCUT2D eigenvalue weighted by Crippen LogP contribution is 2.33. The van der Waals surface area contributed by atoms with Gasteiger partial charge >= 0.3 is 0 Å². The van der Waals surface area contributed by atoms with E-state index in [0.717, 1.165) is 18.0 Å². The molecular formula is C17H22ClN3O3S. The maximum Gasteiger partial charge on any atom is 0.255 e. The molecule has 1 N–H and O–H groups in total. The minimum Gasteiger partial charge on any atom is -0.336 e. The minimum atomic E-state index is -0.436. The Morgan fingerprint density at radius 3 is 2.56 bits per heavy atom. The van der Waals surface area contributed by atoms with Crippen LogP contribution in [0.5, 0.6) is 0 Å². The molecule has 2 heterocycles. The van der Waals surface area contributed by atoms with Crippen molar-refractivity contribution in [3.63, 3.8) is 0 Å². The van der Waals surface area contributed by atoms with Crippen LogP contribution < -0.4 is 5.32 Å². The molecule has 1 aromatic rings. The fourth-order valence-electron chi connectivity index (χ4n) is 3.01. The number of amides is 3. The molecule has 0 aromatic heterocycles. The average molecular weight is 384 g/mol. The van der Waals surface area contributed by atoms with Crippen molar-refractivity contribution >= 4 is 41.9 Å². The van der Waals surface area contributed by atoms with Gasteiger partial charge in [0.25, 0.3) is 5.91 Å². The number of thioether (sulfide) groups is 1. The number of benzene rings is 1. The smallest absolute Gasteiger partial charge is 0.255 e. The zero-order valence-electron chi connectivity index (χ0n) is 14.1. The van der Waals surface area contributed by atoms with Gasteiger partial charge in [-0.2, -0.15) is 0 Å². The first kappa shape index (κ1) is 19.8. The molecule has 3 rings (SSSR count). The van der Waals surface area contributed by atoms with E-state index < -0.39 is 5.25 Å². The van der Waals surface area contributed by atoms with Gasteiger partial charge in [-0.25, -0.2) is 0 Å². The van der Waals surface area contributed by atoms with Crippen LogP contribution in [0.2, 0.25) is 0 Å². The molecule has 8 heteroatoms. The molecule has 0 bridgehead atoms. The summed E-state index contributed by atoms with van der Waals surface area (Å²) in [5.74, 6) is -0.299. The Balaban J connectivity index is 0.00000225. The van der Waals surface area contributed by atoms with Crippen LogP contribution >= 0.6 is 24.2 Å². The van der Waals surface area contributed by atoms with Crippen molar-refractivity contribution in [1.82, 2.24) is 15.1 Å². The molecule has 0 saturated carbocycles. The number of carbonyl (C=O) groups is 3. The first-order valence-electron chi connectivity index (χ1n) is 8.21. The molecule has 0 radical (unpaired) electrons. The number of rotatable bonds is 4. The van der Waals surface area contributed by atoms with Gasteiger partial charge in [0.05, 0.1) is 10.8 Å². The number of nitrogens with zero attached hydrogens (tertiary/aromatic N) is 2. The highest BCUT2D eigenvalue weighted by atomic mass is 35.5. The standard InChI is InChI=1S/C17H21N3O3S.ClH/c1-2-20-15(21)11-14(17(20)23)24-13-6-4-3-5-12(13)16(22)19-9-7-18-8-10-19;/h3-6,14,18H,2,7-11H2,1H3;1H. The van der Waals surface area contributed by atoms with E-state index in [2.05, 4.69) is 5.32 Å². The Labute approximate surface area is 157 Å². The van der Waals surface area contributed by atoms with Crippen LogP contribution in [0.1, 0.15) is 23.7 Å². The molecule has 1 atom stereocenters. The van der Waals surface area contributed by atoms with E-state index in [9.17, 15) is 14.4 Å². The SMILES string of the molecule is CCN1C(=O)CC(Sc2ccccc2C(=O)N2CCNCC2)C1=O.Cl. The van der Waals surface area contributed by atoms with Crippen molar-refractivity contribution in [2.24, 2.45) is 0 Å². The van der Waals surface area contributed by atoms with Gasteiger partial charge in [-0.05, 0) is 19.1 Å². The fraction of sp³-hybridized carbons (Fsp3) is 0.471. The van der Waals surface area contributed by atoms with Gasteiger partial charge in [-0.1, -0.05) is 12.1 Å². The van der Waals surface area contributed by atoms with Crippen molar-refractivity contribution in [3.05, 3.63) is 29.8 Å². The second-order valence-electron chi connectivity index (χ2n) is 5.83. The molecule has 2 fully saturated rings. The van der Waals surface area contributed by atoms with Crippen LogP contribution in [0.3, 0.4) is 0 Å². The summed E-state index contributed by atoms with van der Waals surface area (Å²) in [6.45, 7) is 5.15. The number of hydrogen-bond acceptors (Lipinski definition) is 5. The van der Waals surface area contributed by atoms with Crippen molar-refractivity contribution in [2.75, 3.05) is 32.7 Å². The lowest BCUT2D eigenvalue weighted by Gasteiger charge is -2.28. The van der Waals surface area contributed by atoms with Gasteiger partial charge in [0, 0.05) is 44.0 Å². The number of halogens is 1. The third-order valence-corrected chi connectivity index (χ3v) is 5.57. The predicted molar refractivity (Wildman–Crippen MR) is 99.1 cm³/mol. The van der Waals surface area contributed by atoms with Crippen LogP contribution in [-0.2, 0) is 9.59 Å². The van der Waals surface area contributed by atoms with Crippen LogP contribution in [0.15, 0.2) is 29.2 Å². The van der Waals surface area contributed by atoms with E-state index in [-0.39, 0.29) is 36.5 Å². The molecule has 3 amide bonds. The molecule has 0 aliphatic carbocycles. The number of hydrogen-bond donors (Lipinski definition) is 1. The Morgan fingerprint density at radius 2 is 1.92 bits per heavy atom. The molecule has 2 saturated heterocycles. The Kier molecular flexibility index (Phi) is 6.87. The normalized spacial score (nSPS) is 20.6. The topological polar surface area (TPSA) is 69.7 Å². The van der Waals surface area contributed by atoms with Crippen molar-refractivity contribution in [2.45, 2.75) is 23.5 Å². The summed E-state index contributed by atoms with van der Waals surface area (Å²) in [6, 6.07) is 7.34. The summed E-state index contributed by atoms with van der Waals surface area (Å²) in [6.07, 6.45) is 0.202. The fourth-order valence-corrected chi connectivity index (χ4v) is 4.21. The summed E-state index contributed by atoms with van der Waals surface area (Å²) >= 11 is 1.33. The lowest BCUT2D eigenvalue weighted by molar-refractivity contribution is -0.137. The van der Waals surface area contributed by atoms with Gasteiger partial charge in [-0.3, -0.25) is 19.3 Å². The zero-order chi connectivity index (χ0) is 17.1. The molecule has 2 aliphatic heterocycles. The van der Waals surface area contributed by atoms with E-state index >= 15 is 0 Å².